The van der Waals surface area contributed by atoms with Crippen molar-refractivity contribution in [3.63, 3.8) is 0 Å². The summed E-state index contributed by atoms with van der Waals surface area (Å²) in [6, 6.07) is 5.27. The van der Waals surface area contributed by atoms with E-state index in [2.05, 4.69) is 5.32 Å². The number of nitrogens with one attached hydrogen (secondary N) is 1. The molecule has 0 heterocycles. The standard InChI is InChI=1S/C14H19NO2/c1-9-6-7-13(16)12(8-9)14(17)15-10(2)11-4-3-5-11/h6-8,10-11,16H,3-5H2,1-2H3,(H,15,17). The van der Waals surface area contributed by atoms with Gasteiger partial charge in [-0.25, -0.2) is 0 Å². The van der Waals surface area contributed by atoms with E-state index in [0.29, 0.717) is 11.5 Å². The highest BCUT2D eigenvalue weighted by molar-refractivity contribution is 5.97. The van der Waals surface area contributed by atoms with E-state index in [9.17, 15) is 9.90 Å². The highest BCUT2D eigenvalue weighted by atomic mass is 16.3. The van der Waals surface area contributed by atoms with Crippen LogP contribution in [-0.2, 0) is 0 Å². The molecule has 2 N–H and O–H groups in total. The van der Waals surface area contributed by atoms with E-state index in [-0.39, 0.29) is 17.7 Å². The monoisotopic (exact) mass is 233 g/mol. The molecule has 1 aromatic rings. The zero-order valence-electron chi connectivity index (χ0n) is 10.4. The Balaban J connectivity index is 2.05. The van der Waals surface area contributed by atoms with E-state index >= 15 is 0 Å². The smallest absolute Gasteiger partial charge is 0.255 e. The van der Waals surface area contributed by atoms with Gasteiger partial charge < -0.3 is 10.4 Å². The summed E-state index contributed by atoms with van der Waals surface area (Å²) in [4.78, 5) is 12.0. The van der Waals surface area contributed by atoms with Gasteiger partial charge in [0.25, 0.3) is 5.91 Å². The second-order valence-electron chi connectivity index (χ2n) is 4.97. The minimum Gasteiger partial charge on any atom is -0.507 e. The number of hydrogen-bond acceptors (Lipinski definition) is 2. The van der Waals surface area contributed by atoms with Crippen molar-refractivity contribution in [3.8, 4) is 5.75 Å². The Hall–Kier alpha value is -1.51. The van der Waals surface area contributed by atoms with Crippen LogP contribution in [0.5, 0.6) is 5.75 Å². The maximum Gasteiger partial charge on any atom is 0.255 e. The molecule has 0 aliphatic heterocycles. The first-order chi connectivity index (χ1) is 8.08. The second kappa shape index (κ2) is 4.78. The van der Waals surface area contributed by atoms with Gasteiger partial charge in [-0.3, -0.25) is 4.79 Å². The lowest BCUT2D eigenvalue weighted by Crippen LogP contribution is -2.40. The average Bonchev–Trinajstić information content (AvgIpc) is 2.18. The Labute approximate surface area is 102 Å². The van der Waals surface area contributed by atoms with Crippen molar-refractivity contribution in [2.75, 3.05) is 0 Å². The van der Waals surface area contributed by atoms with Crippen LogP contribution in [0.3, 0.4) is 0 Å². The van der Waals surface area contributed by atoms with Crippen molar-refractivity contribution in [1.82, 2.24) is 5.32 Å². The summed E-state index contributed by atoms with van der Waals surface area (Å²) >= 11 is 0. The molecule has 2 rings (SSSR count). The van der Waals surface area contributed by atoms with Crippen LogP contribution < -0.4 is 5.32 Å². The molecule has 1 unspecified atom stereocenters. The molecule has 92 valence electrons. The fourth-order valence-electron chi connectivity index (χ4n) is 2.17. The maximum absolute atomic E-state index is 12.0. The molecular formula is C14H19NO2. The normalized spacial score (nSPS) is 17.3. The number of rotatable bonds is 3. The zero-order chi connectivity index (χ0) is 12.4. The molecular weight excluding hydrogens is 214 g/mol. The first kappa shape index (κ1) is 12.0. The molecule has 17 heavy (non-hydrogen) atoms. The van der Waals surface area contributed by atoms with Crippen molar-refractivity contribution in [1.29, 1.82) is 0 Å². The molecule has 0 radical (unpaired) electrons. The van der Waals surface area contributed by atoms with E-state index in [1.165, 1.54) is 19.3 Å². The summed E-state index contributed by atoms with van der Waals surface area (Å²) in [5, 5.41) is 12.6. The summed E-state index contributed by atoms with van der Waals surface area (Å²) in [5.74, 6) is 0.477. The van der Waals surface area contributed by atoms with Gasteiger partial charge in [-0.15, -0.1) is 0 Å². The van der Waals surface area contributed by atoms with E-state index in [0.717, 1.165) is 5.56 Å². The van der Waals surface area contributed by atoms with E-state index in [1.54, 1.807) is 18.2 Å². The number of carbonyl (C=O) groups is 1. The molecule has 1 atom stereocenters. The summed E-state index contributed by atoms with van der Waals surface area (Å²) in [5.41, 5.74) is 1.35. The molecule has 1 aliphatic carbocycles. The molecule has 0 aromatic heterocycles. The third-order valence-corrected chi connectivity index (χ3v) is 3.61. The fraction of sp³-hybridized carbons (Fsp3) is 0.500. The van der Waals surface area contributed by atoms with E-state index in [4.69, 9.17) is 0 Å². The lowest BCUT2D eigenvalue weighted by Gasteiger charge is -2.31. The third kappa shape index (κ3) is 2.60. The van der Waals surface area contributed by atoms with E-state index < -0.39 is 0 Å². The van der Waals surface area contributed by atoms with Gasteiger partial charge in [0.2, 0.25) is 0 Å². The number of aromatic hydroxyl groups is 1. The van der Waals surface area contributed by atoms with Gasteiger partial charge in [0, 0.05) is 6.04 Å². The van der Waals surface area contributed by atoms with Crippen LogP contribution in [-0.4, -0.2) is 17.1 Å². The predicted molar refractivity (Wildman–Crippen MR) is 67.1 cm³/mol. The zero-order valence-corrected chi connectivity index (χ0v) is 10.4. The maximum atomic E-state index is 12.0. The first-order valence-electron chi connectivity index (χ1n) is 6.18. The molecule has 0 saturated heterocycles. The van der Waals surface area contributed by atoms with Crippen molar-refractivity contribution in [3.05, 3.63) is 29.3 Å². The predicted octanol–water partition coefficient (Wildman–Crippen LogP) is 2.62. The van der Waals surface area contributed by atoms with Crippen LogP contribution in [0.15, 0.2) is 18.2 Å². The van der Waals surface area contributed by atoms with Gasteiger partial charge in [-0.05, 0) is 44.7 Å². The number of phenolic OH excluding ortho intramolecular Hbond substituents is 1. The highest BCUT2D eigenvalue weighted by Crippen LogP contribution is 2.29. The van der Waals surface area contributed by atoms with Crippen molar-refractivity contribution in [2.45, 2.75) is 39.2 Å². The average molecular weight is 233 g/mol. The lowest BCUT2D eigenvalue weighted by molar-refractivity contribution is 0.0906. The van der Waals surface area contributed by atoms with Crippen LogP contribution in [0.1, 0.15) is 42.1 Å². The molecule has 1 amide bonds. The topological polar surface area (TPSA) is 49.3 Å². The van der Waals surface area contributed by atoms with Gasteiger partial charge in [0.15, 0.2) is 0 Å². The quantitative estimate of drug-likeness (QED) is 0.843. The highest BCUT2D eigenvalue weighted by Gasteiger charge is 2.25. The Kier molecular flexibility index (Phi) is 3.36. The minimum absolute atomic E-state index is 0.0499. The Bertz CT molecular complexity index is 424. The molecule has 0 bridgehead atoms. The SMILES string of the molecule is Cc1ccc(O)c(C(=O)NC(C)C2CCC2)c1. The molecule has 1 aliphatic rings. The van der Waals surface area contributed by atoms with Crippen molar-refractivity contribution >= 4 is 5.91 Å². The Morgan fingerprint density at radius 2 is 2.18 bits per heavy atom. The van der Waals surface area contributed by atoms with Gasteiger partial charge in [0.1, 0.15) is 5.75 Å². The van der Waals surface area contributed by atoms with Gasteiger partial charge >= 0.3 is 0 Å². The summed E-state index contributed by atoms with van der Waals surface area (Å²) < 4.78 is 0. The number of benzene rings is 1. The Morgan fingerprint density at radius 1 is 1.47 bits per heavy atom. The minimum atomic E-state index is -0.175. The number of carbonyl (C=O) groups excluding carboxylic acids is 1. The van der Waals surface area contributed by atoms with Crippen LogP contribution in [0.4, 0.5) is 0 Å². The third-order valence-electron chi connectivity index (χ3n) is 3.61. The van der Waals surface area contributed by atoms with Crippen LogP contribution in [0, 0.1) is 12.8 Å². The number of hydrogen-bond donors (Lipinski definition) is 2. The number of phenols is 1. The van der Waals surface area contributed by atoms with Crippen LogP contribution >= 0.6 is 0 Å². The number of amides is 1. The van der Waals surface area contributed by atoms with Crippen LogP contribution in [0.2, 0.25) is 0 Å². The first-order valence-corrected chi connectivity index (χ1v) is 6.18. The Morgan fingerprint density at radius 3 is 2.76 bits per heavy atom. The molecule has 1 fully saturated rings. The van der Waals surface area contributed by atoms with Crippen molar-refractivity contribution in [2.24, 2.45) is 5.92 Å². The van der Waals surface area contributed by atoms with E-state index in [1.807, 2.05) is 13.8 Å². The summed E-state index contributed by atoms with van der Waals surface area (Å²) in [6.07, 6.45) is 3.66. The lowest BCUT2D eigenvalue weighted by atomic mass is 9.80. The molecule has 0 spiro atoms. The second-order valence-corrected chi connectivity index (χ2v) is 4.97. The molecule has 1 aromatic carbocycles. The van der Waals surface area contributed by atoms with Crippen molar-refractivity contribution < 1.29 is 9.90 Å². The largest absolute Gasteiger partial charge is 0.507 e. The summed E-state index contributed by atoms with van der Waals surface area (Å²) in [6.45, 7) is 3.94. The molecule has 3 heteroatoms. The number of aryl methyl sites for hydroxylation is 1. The molecule has 1 saturated carbocycles. The van der Waals surface area contributed by atoms with Gasteiger partial charge in [-0.2, -0.15) is 0 Å². The van der Waals surface area contributed by atoms with Gasteiger partial charge in [-0.1, -0.05) is 18.1 Å². The summed E-state index contributed by atoms with van der Waals surface area (Å²) in [7, 11) is 0. The fourth-order valence-corrected chi connectivity index (χ4v) is 2.17. The molecule has 3 nitrogen and oxygen atoms in total. The van der Waals surface area contributed by atoms with Gasteiger partial charge in [0.05, 0.1) is 5.56 Å². The van der Waals surface area contributed by atoms with Crippen LogP contribution in [0.25, 0.3) is 0 Å².